The molecule has 0 heterocycles. The number of anilines is 1. The lowest BCUT2D eigenvalue weighted by Gasteiger charge is -2.11. The smallest absolute Gasteiger partial charge is 0.390 e. The van der Waals surface area contributed by atoms with E-state index < -0.39 is 17.8 Å². The average molecular weight is 254 g/mol. The summed E-state index contributed by atoms with van der Waals surface area (Å²) >= 11 is 5.36. The van der Waals surface area contributed by atoms with E-state index in [1.165, 1.54) is 12.1 Å². The first-order valence-electron chi connectivity index (χ1n) is 4.58. The molecule has 1 aromatic carbocycles. The van der Waals surface area contributed by atoms with Gasteiger partial charge in [0, 0.05) is 12.2 Å². The summed E-state index contributed by atoms with van der Waals surface area (Å²) in [5, 5.41) is 11.9. The second-order valence-electron chi connectivity index (χ2n) is 3.26. The summed E-state index contributed by atoms with van der Waals surface area (Å²) in [6.45, 7) is 0.203. The fourth-order valence-electron chi connectivity index (χ4n) is 1.07. The molecule has 0 aliphatic carbocycles. The summed E-state index contributed by atoms with van der Waals surface area (Å²) in [6, 6.07) is 4.58. The van der Waals surface area contributed by atoms with E-state index in [9.17, 15) is 13.2 Å². The first-order valence-corrected chi connectivity index (χ1v) is 5.12. The topological polar surface area (TPSA) is 32.3 Å². The molecule has 0 spiro atoms. The second-order valence-corrected chi connectivity index (χ2v) is 3.57. The monoisotopic (exact) mass is 253 g/mol. The Morgan fingerprint density at radius 2 is 1.81 bits per heavy atom. The van der Waals surface area contributed by atoms with Gasteiger partial charge in [-0.3, -0.25) is 0 Å². The van der Waals surface area contributed by atoms with Crippen molar-refractivity contribution < 1.29 is 18.3 Å². The van der Waals surface area contributed by atoms with E-state index in [1.54, 1.807) is 0 Å². The largest absolute Gasteiger partial charge is 0.416 e. The zero-order valence-corrected chi connectivity index (χ0v) is 9.02. The molecular formula is C10H11ClF3NO. The third-order valence-electron chi connectivity index (χ3n) is 1.93. The van der Waals surface area contributed by atoms with Crippen molar-refractivity contribution >= 4 is 17.3 Å². The van der Waals surface area contributed by atoms with E-state index >= 15 is 0 Å². The highest BCUT2D eigenvalue weighted by Gasteiger charge is 2.29. The molecule has 0 aliphatic rings. The van der Waals surface area contributed by atoms with Gasteiger partial charge in [0.15, 0.2) is 0 Å². The first-order chi connectivity index (χ1) is 7.43. The molecule has 0 saturated carbocycles. The summed E-state index contributed by atoms with van der Waals surface area (Å²) in [7, 11) is 0. The van der Waals surface area contributed by atoms with Gasteiger partial charge in [0.1, 0.15) is 0 Å². The van der Waals surface area contributed by atoms with Gasteiger partial charge < -0.3 is 10.4 Å². The summed E-state index contributed by atoms with van der Waals surface area (Å²) in [5.41, 5.74) is -0.187. The maximum Gasteiger partial charge on any atom is 0.416 e. The molecule has 1 atom stereocenters. The normalized spacial score (nSPS) is 13.6. The molecule has 2 nitrogen and oxygen atoms in total. The number of alkyl halides is 4. The van der Waals surface area contributed by atoms with Gasteiger partial charge in [-0.1, -0.05) is 0 Å². The van der Waals surface area contributed by atoms with E-state index in [0.717, 1.165) is 12.1 Å². The molecule has 0 aliphatic heterocycles. The lowest BCUT2D eigenvalue weighted by Crippen LogP contribution is -2.20. The molecule has 0 saturated heterocycles. The zero-order valence-electron chi connectivity index (χ0n) is 8.26. The minimum absolute atomic E-state index is 0.0770. The Morgan fingerprint density at radius 1 is 1.25 bits per heavy atom. The molecular weight excluding hydrogens is 243 g/mol. The lowest BCUT2D eigenvalue weighted by molar-refractivity contribution is -0.137. The fourth-order valence-corrected chi connectivity index (χ4v) is 1.18. The number of aliphatic hydroxyl groups is 1. The predicted octanol–water partition coefficient (Wildman–Crippen LogP) is 2.72. The van der Waals surface area contributed by atoms with Crippen molar-refractivity contribution in [3.63, 3.8) is 0 Å². The van der Waals surface area contributed by atoms with Crippen LogP contribution in [0.5, 0.6) is 0 Å². The number of hydrogen-bond acceptors (Lipinski definition) is 2. The van der Waals surface area contributed by atoms with Gasteiger partial charge in [-0.15, -0.1) is 11.6 Å². The zero-order chi connectivity index (χ0) is 12.2. The summed E-state index contributed by atoms with van der Waals surface area (Å²) in [6.07, 6.45) is -5.04. The first kappa shape index (κ1) is 13.1. The van der Waals surface area contributed by atoms with E-state index in [1.807, 2.05) is 0 Å². The molecule has 1 unspecified atom stereocenters. The lowest BCUT2D eigenvalue weighted by atomic mass is 10.2. The van der Waals surface area contributed by atoms with E-state index in [2.05, 4.69) is 5.32 Å². The van der Waals surface area contributed by atoms with Gasteiger partial charge in [0.2, 0.25) is 0 Å². The molecule has 1 aromatic rings. The molecule has 90 valence electrons. The van der Waals surface area contributed by atoms with Crippen LogP contribution in [-0.2, 0) is 6.18 Å². The van der Waals surface area contributed by atoms with Crippen LogP contribution < -0.4 is 5.32 Å². The standard InChI is InChI=1S/C10H11ClF3NO/c11-5-9(16)6-15-8-3-1-7(2-4-8)10(12,13)14/h1-4,9,15-16H,5-6H2. The Kier molecular flexibility index (Phi) is 4.44. The van der Waals surface area contributed by atoms with E-state index in [-0.39, 0.29) is 12.4 Å². The summed E-state index contributed by atoms with van der Waals surface area (Å²) < 4.78 is 36.6. The van der Waals surface area contributed by atoms with Crippen LogP contribution >= 0.6 is 11.6 Å². The van der Waals surface area contributed by atoms with E-state index in [4.69, 9.17) is 16.7 Å². The van der Waals surface area contributed by atoms with Crippen LogP contribution in [0.2, 0.25) is 0 Å². The van der Waals surface area contributed by atoms with Crippen LogP contribution in [0.4, 0.5) is 18.9 Å². The Hall–Kier alpha value is -0.940. The van der Waals surface area contributed by atoms with Gasteiger partial charge in [-0.2, -0.15) is 13.2 Å². The van der Waals surface area contributed by atoms with Crippen LogP contribution in [0.15, 0.2) is 24.3 Å². The van der Waals surface area contributed by atoms with Crippen molar-refractivity contribution in [2.24, 2.45) is 0 Å². The molecule has 0 fully saturated rings. The van der Waals surface area contributed by atoms with Crippen LogP contribution in [-0.4, -0.2) is 23.6 Å². The maximum atomic E-state index is 12.2. The van der Waals surface area contributed by atoms with Gasteiger partial charge >= 0.3 is 6.18 Å². The average Bonchev–Trinajstić information content (AvgIpc) is 2.25. The highest BCUT2D eigenvalue weighted by Crippen LogP contribution is 2.29. The molecule has 16 heavy (non-hydrogen) atoms. The number of halogens is 4. The van der Waals surface area contributed by atoms with Crippen molar-refractivity contribution in [2.75, 3.05) is 17.7 Å². The molecule has 2 N–H and O–H groups in total. The van der Waals surface area contributed by atoms with Crippen molar-refractivity contribution in [1.29, 1.82) is 0 Å². The van der Waals surface area contributed by atoms with Gasteiger partial charge in [-0.25, -0.2) is 0 Å². The van der Waals surface area contributed by atoms with Crippen molar-refractivity contribution in [3.05, 3.63) is 29.8 Å². The van der Waals surface area contributed by atoms with Gasteiger partial charge in [-0.05, 0) is 24.3 Å². The highest BCUT2D eigenvalue weighted by atomic mass is 35.5. The predicted molar refractivity (Wildman–Crippen MR) is 56.7 cm³/mol. The minimum Gasteiger partial charge on any atom is -0.390 e. The van der Waals surface area contributed by atoms with Crippen molar-refractivity contribution in [3.8, 4) is 0 Å². The quantitative estimate of drug-likeness (QED) is 0.809. The SMILES string of the molecule is OC(CCl)CNc1ccc(C(F)(F)F)cc1. The summed E-state index contributed by atoms with van der Waals surface area (Å²) in [4.78, 5) is 0. The van der Waals surface area contributed by atoms with Crippen LogP contribution in [0.25, 0.3) is 0 Å². The van der Waals surface area contributed by atoms with Crippen LogP contribution in [0.1, 0.15) is 5.56 Å². The van der Waals surface area contributed by atoms with Crippen molar-refractivity contribution in [1.82, 2.24) is 0 Å². The maximum absolute atomic E-state index is 12.2. The number of rotatable bonds is 4. The third-order valence-corrected chi connectivity index (χ3v) is 2.29. The Morgan fingerprint density at radius 3 is 2.25 bits per heavy atom. The number of nitrogens with one attached hydrogen (secondary N) is 1. The third kappa shape index (κ3) is 3.90. The van der Waals surface area contributed by atoms with Crippen LogP contribution in [0, 0.1) is 0 Å². The fraction of sp³-hybridized carbons (Fsp3) is 0.400. The van der Waals surface area contributed by atoms with Crippen LogP contribution in [0.3, 0.4) is 0 Å². The van der Waals surface area contributed by atoms with Crippen molar-refractivity contribution in [2.45, 2.75) is 12.3 Å². The number of benzene rings is 1. The highest BCUT2D eigenvalue weighted by molar-refractivity contribution is 6.18. The molecule has 0 radical (unpaired) electrons. The summed E-state index contributed by atoms with van der Waals surface area (Å²) in [5.74, 6) is 0.0770. The Bertz CT molecular complexity index is 326. The molecule has 0 bridgehead atoms. The Labute approximate surface area is 96.0 Å². The van der Waals surface area contributed by atoms with Gasteiger partial charge in [0.25, 0.3) is 0 Å². The van der Waals surface area contributed by atoms with E-state index in [0.29, 0.717) is 5.69 Å². The van der Waals surface area contributed by atoms with Gasteiger partial charge in [0.05, 0.1) is 17.5 Å². The molecule has 1 rings (SSSR count). The second kappa shape index (κ2) is 5.41. The molecule has 0 aromatic heterocycles. The molecule has 6 heteroatoms. The number of hydrogen-bond donors (Lipinski definition) is 2. The minimum atomic E-state index is -4.33. The Balaban J connectivity index is 2.58. The molecule has 0 amide bonds. The number of aliphatic hydroxyl groups excluding tert-OH is 1.